The summed E-state index contributed by atoms with van der Waals surface area (Å²) in [6.07, 6.45) is 0. The molecule has 0 aromatic heterocycles. The van der Waals surface area contributed by atoms with Crippen molar-refractivity contribution in [1.29, 1.82) is 0 Å². The number of aryl methyl sites for hydroxylation is 1. The molecule has 0 aliphatic rings. The molecule has 0 saturated carbocycles. The standard InChI is InChI=1S/C16H17BrClNO2/c1-11-9-12(17)14(10-13(11)18)19-7-8-21-16-6-4-3-5-15(16)20-2/h3-6,9-10,19H,7-8H2,1-2H3. The molecule has 1 N–H and O–H groups in total. The maximum Gasteiger partial charge on any atom is 0.161 e. The van der Waals surface area contributed by atoms with Gasteiger partial charge in [-0.1, -0.05) is 23.7 Å². The Balaban J connectivity index is 1.89. The predicted octanol–water partition coefficient (Wildman–Crippen LogP) is 4.91. The SMILES string of the molecule is COc1ccccc1OCCNc1cc(Cl)c(C)cc1Br. The summed E-state index contributed by atoms with van der Waals surface area (Å²) in [4.78, 5) is 0. The minimum Gasteiger partial charge on any atom is -0.493 e. The Kier molecular flexibility index (Phi) is 5.76. The minimum absolute atomic E-state index is 0.526. The predicted molar refractivity (Wildman–Crippen MR) is 90.9 cm³/mol. The summed E-state index contributed by atoms with van der Waals surface area (Å²) in [6, 6.07) is 11.5. The Labute approximate surface area is 138 Å². The molecule has 0 amide bonds. The highest BCUT2D eigenvalue weighted by molar-refractivity contribution is 9.10. The minimum atomic E-state index is 0.526. The normalized spacial score (nSPS) is 10.3. The molecule has 21 heavy (non-hydrogen) atoms. The topological polar surface area (TPSA) is 30.5 Å². The van der Waals surface area contributed by atoms with E-state index >= 15 is 0 Å². The maximum absolute atomic E-state index is 6.13. The van der Waals surface area contributed by atoms with Crippen LogP contribution in [0.1, 0.15) is 5.56 Å². The van der Waals surface area contributed by atoms with Gasteiger partial charge in [-0.05, 0) is 52.7 Å². The number of anilines is 1. The molecule has 2 rings (SSSR count). The molecular weight excluding hydrogens is 354 g/mol. The van der Waals surface area contributed by atoms with Crippen LogP contribution < -0.4 is 14.8 Å². The lowest BCUT2D eigenvalue weighted by atomic mass is 10.2. The molecule has 2 aromatic rings. The van der Waals surface area contributed by atoms with Crippen LogP contribution in [0, 0.1) is 6.92 Å². The van der Waals surface area contributed by atoms with E-state index in [4.69, 9.17) is 21.1 Å². The van der Waals surface area contributed by atoms with Crippen LogP contribution in [0.4, 0.5) is 5.69 Å². The van der Waals surface area contributed by atoms with E-state index in [2.05, 4.69) is 21.2 Å². The lowest BCUT2D eigenvalue weighted by molar-refractivity contribution is 0.306. The molecule has 5 heteroatoms. The number of para-hydroxylation sites is 2. The molecule has 0 bridgehead atoms. The van der Waals surface area contributed by atoms with E-state index in [1.165, 1.54) is 0 Å². The van der Waals surface area contributed by atoms with Crippen molar-refractivity contribution in [1.82, 2.24) is 0 Å². The molecule has 0 unspecified atom stereocenters. The lowest BCUT2D eigenvalue weighted by Gasteiger charge is -2.13. The Morgan fingerprint density at radius 1 is 1.19 bits per heavy atom. The highest BCUT2D eigenvalue weighted by Crippen LogP contribution is 2.29. The molecule has 0 aliphatic heterocycles. The average molecular weight is 371 g/mol. The van der Waals surface area contributed by atoms with Crippen LogP contribution in [0.15, 0.2) is 40.9 Å². The third-order valence-corrected chi connectivity index (χ3v) is 4.06. The van der Waals surface area contributed by atoms with Gasteiger partial charge in [-0.15, -0.1) is 0 Å². The number of methoxy groups -OCH3 is 1. The molecular formula is C16H17BrClNO2. The van der Waals surface area contributed by atoms with Gasteiger partial charge >= 0.3 is 0 Å². The first-order valence-electron chi connectivity index (χ1n) is 6.57. The number of halogens is 2. The average Bonchev–Trinajstić information content (AvgIpc) is 2.49. The van der Waals surface area contributed by atoms with Crippen LogP contribution >= 0.6 is 27.5 Å². The Bertz CT molecular complexity index is 619. The van der Waals surface area contributed by atoms with E-state index in [0.717, 1.165) is 32.2 Å². The first-order chi connectivity index (χ1) is 10.1. The zero-order chi connectivity index (χ0) is 15.2. The fraction of sp³-hybridized carbons (Fsp3) is 0.250. The second-order valence-electron chi connectivity index (χ2n) is 4.51. The van der Waals surface area contributed by atoms with Crippen molar-refractivity contribution in [3.05, 3.63) is 51.5 Å². The van der Waals surface area contributed by atoms with Crippen LogP contribution in [0.2, 0.25) is 5.02 Å². The van der Waals surface area contributed by atoms with Crippen molar-refractivity contribution < 1.29 is 9.47 Å². The fourth-order valence-corrected chi connectivity index (χ4v) is 2.63. The van der Waals surface area contributed by atoms with Crippen molar-refractivity contribution in [2.45, 2.75) is 6.92 Å². The molecule has 0 heterocycles. The summed E-state index contributed by atoms with van der Waals surface area (Å²) in [5.74, 6) is 1.47. The number of nitrogens with one attached hydrogen (secondary N) is 1. The number of ether oxygens (including phenoxy) is 2. The van der Waals surface area contributed by atoms with Crippen molar-refractivity contribution in [3.8, 4) is 11.5 Å². The largest absolute Gasteiger partial charge is 0.493 e. The Hall–Kier alpha value is -1.39. The third-order valence-electron chi connectivity index (χ3n) is 2.99. The van der Waals surface area contributed by atoms with Gasteiger partial charge in [0.25, 0.3) is 0 Å². The molecule has 0 spiro atoms. The van der Waals surface area contributed by atoms with E-state index in [0.29, 0.717) is 13.2 Å². The number of hydrogen-bond donors (Lipinski definition) is 1. The molecule has 0 fully saturated rings. The van der Waals surface area contributed by atoms with Crippen molar-refractivity contribution in [3.63, 3.8) is 0 Å². The lowest BCUT2D eigenvalue weighted by Crippen LogP contribution is -2.12. The summed E-state index contributed by atoms with van der Waals surface area (Å²) in [6.45, 7) is 3.16. The van der Waals surface area contributed by atoms with Gasteiger partial charge in [-0.3, -0.25) is 0 Å². The zero-order valence-electron chi connectivity index (χ0n) is 12.0. The summed E-state index contributed by atoms with van der Waals surface area (Å²) in [7, 11) is 1.63. The van der Waals surface area contributed by atoms with Gasteiger partial charge in [0, 0.05) is 16.0 Å². The zero-order valence-corrected chi connectivity index (χ0v) is 14.3. The van der Waals surface area contributed by atoms with Crippen LogP contribution in [0.3, 0.4) is 0 Å². The van der Waals surface area contributed by atoms with Gasteiger partial charge in [0.2, 0.25) is 0 Å². The number of hydrogen-bond acceptors (Lipinski definition) is 3. The maximum atomic E-state index is 6.13. The van der Waals surface area contributed by atoms with Crippen molar-refractivity contribution in [2.24, 2.45) is 0 Å². The van der Waals surface area contributed by atoms with Gasteiger partial charge in [-0.25, -0.2) is 0 Å². The van der Waals surface area contributed by atoms with E-state index < -0.39 is 0 Å². The van der Waals surface area contributed by atoms with Crippen molar-refractivity contribution >= 4 is 33.2 Å². The molecule has 0 aliphatic carbocycles. The van der Waals surface area contributed by atoms with Gasteiger partial charge in [-0.2, -0.15) is 0 Å². The molecule has 0 saturated heterocycles. The number of rotatable bonds is 6. The van der Waals surface area contributed by atoms with Crippen LogP contribution in [0.5, 0.6) is 11.5 Å². The fourth-order valence-electron chi connectivity index (χ4n) is 1.87. The van der Waals surface area contributed by atoms with Gasteiger partial charge in [0.1, 0.15) is 6.61 Å². The first kappa shape index (κ1) is 16.0. The van der Waals surface area contributed by atoms with Crippen LogP contribution in [0.25, 0.3) is 0 Å². The van der Waals surface area contributed by atoms with Crippen molar-refractivity contribution in [2.75, 3.05) is 25.6 Å². The van der Waals surface area contributed by atoms with Crippen LogP contribution in [-0.2, 0) is 0 Å². The van der Waals surface area contributed by atoms with Gasteiger partial charge in [0.05, 0.1) is 12.8 Å². The highest BCUT2D eigenvalue weighted by Gasteiger charge is 2.05. The van der Waals surface area contributed by atoms with E-state index in [9.17, 15) is 0 Å². The third kappa shape index (κ3) is 4.29. The Morgan fingerprint density at radius 3 is 2.62 bits per heavy atom. The van der Waals surface area contributed by atoms with Gasteiger partial charge in [0.15, 0.2) is 11.5 Å². The first-order valence-corrected chi connectivity index (χ1v) is 7.74. The molecule has 0 atom stereocenters. The summed E-state index contributed by atoms with van der Waals surface area (Å²) in [5.41, 5.74) is 1.99. The van der Waals surface area contributed by atoms with Crippen LogP contribution in [-0.4, -0.2) is 20.3 Å². The quantitative estimate of drug-likeness (QED) is 0.733. The summed E-state index contributed by atoms with van der Waals surface area (Å²) < 4.78 is 11.9. The molecule has 0 radical (unpaired) electrons. The Morgan fingerprint density at radius 2 is 1.90 bits per heavy atom. The molecule has 112 valence electrons. The number of benzene rings is 2. The smallest absolute Gasteiger partial charge is 0.161 e. The second-order valence-corrected chi connectivity index (χ2v) is 5.77. The molecule has 3 nitrogen and oxygen atoms in total. The summed E-state index contributed by atoms with van der Waals surface area (Å²) in [5, 5.41) is 4.03. The van der Waals surface area contributed by atoms with Gasteiger partial charge < -0.3 is 14.8 Å². The van der Waals surface area contributed by atoms with E-state index in [1.54, 1.807) is 7.11 Å². The summed E-state index contributed by atoms with van der Waals surface area (Å²) >= 11 is 9.64. The molecule has 2 aromatic carbocycles. The highest BCUT2D eigenvalue weighted by atomic mass is 79.9. The monoisotopic (exact) mass is 369 g/mol. The second kappa shape index (κ2) is 7.57. The van der Waals surface area contributed by atoms with E-state index in [-0.39, 0.29) is 0 Å². The van der Waals surface area contributed by atoms with E-state index in [1.807, 2.05) is 43.3 Å².